The molecule has 2 N–H and O–H groups in total. The van der Waals surface area contributed by atoms with E-state index in [1.807, 2.05) is 11.5 Å². The third-order valence-electron chi connectivity index (χ3n) is 2.94. The Kier molecular flexibility index (Phi) is 4.53. The maximum Gasteiger partial charge on any atom is 0.452 e. The van der Waals surface area contributed by atoms with Gasteiger partial charge in [-0.25, -0.2) is 0 Å². The van der Waals surface area contributed by atoms with Gasteiger partial charge >= 0.3 is 6.01 Å². The fourth-order valence-electron chi connectivity index (χ4n) is 2.03. The first-order chi connectivity index (χ1) is 7.22. The van der Waals surface area contributed by atoms with E-state index in [2.05, 4.69) is 0 Å². The van der Waals surface area contributed by atoms with E-state index in [0.717, 1.165) is 37.1 Å². The molecule has 2 rings (SSSR count). The Hall–Kier alpha value is -0.840. The first-order valence-electron chi connectivity index (χ1n) is 5.54. The molecule has 16 heavy (non-hydrogen) atoms. The summed E-state index contributed by atoms with van der Waals surface area (Å²) in [4.78, 5) is 11.4. The van der Waals surface area contributed by atoms with Crippen LogP contribution in [0.3, 0.4) is 0 Å². The summed E-state index contributed by atoms with van der Waals surface area (Å²) in [5, 5.41) is 0. The van der Waals surface area contributed by atoms with Gasteiger partial charge in [-0.2, -0.15) is 4.57 Å². The molecule has 0 radical (unpaired) electrons. The summed E-state index contributed by atoms with van der Waals surface area (Å²) in [6.07, 6.45) is 4.79. The van der Waals surface area contributed by atoms with E-state index in [4.69, 9.17) is 10.2 Å². The predicted molar refractivity (Wildman–Crippen MR) is 55.3 cm³/mol. The largest absolute Gasteiger partial charge is 1.00 e. The minimum Gasteiger partial charge on any atom is -1.00 e. The Morgan fingerprint density at radius 2 is 2.12 bits per heavy atom. The number of carbonyl (C=O) groups is 1. The molecule has 1 aliphatic rings. The van der Waals surface area contributed by atoms with Crippen LogP contribution in [0.25, 0.3) is 0 Å². The van der Waals surface area contributed by atoms with Crippen LogP contribution in [0.2, 0.25) is 0 Å². The van der Waals surface area contributed by atoms with E-state index < -0.39 is 0 Å². The van der Waals surface area contributed by atoms with E-state index in [1.165, 1.54) is 0 Å². The Balaban J connectivity index is 0.00000128. The van der Waals surface area contributed by atoms with Crippen LogP contribution in [0, 0.1) is 0 Å². The van der Waals surface area contributed by atoms with Crippen molar-refractivity contribution in [2.24, 2.45) is 0 Å². The second-order valence-corrected chi connectivity index (χ2v) is 4.00. The Bertz CT molecular complexity index is 388. The molecule has 0 amide bonds. The number of ketones is 1. The van der Waals surface area contributed by atoms with Crippen LogP contribution in [0.1, 0.15) is 37.6 Å². The number of Topliss-reactive ketones (excluding diaryl/α,β-unsaturated/α-hetero) is 1. The number of nitrogens with two attached hydrogens (primary N) is 1. The third-order valence-corrected chi connectivity index (χ3v) is 2.94. The van der Waals surface area contributed by atoms with Crippen molar-refractivity contribution in [3.05, 3.63) is 11.5 Å². The minimum atomic E-state index is 0. The van der Waals surface area contributed by atoms with E-state index in [9.17, 15) is 4.79 Å². The van der Waals surface area contributed by atoms with Gasteiger partial charge in [0.15, 0.2) is 18.1 Å². The van der Waals surface area contributed by atoms with Crippen molar-refractivity contribution in [1.82, 2.24) is 0 Å². The Morgan fingerprint density at radius 1 is 1.44 bits per heavy atom. The van der Waals surface area contributed by atoms with E-state index in [-0.39, 0.29) is 22.8 Å². The van der Waals surface area contributed by atoms with E-state index in [0.29, 0.717) is 19.0 Å². The van der Waals surface area contributed by atoms with Crippen molar-refractivity contribution < 1.29 is 30.8 Å². The van der Waals surface area contributed by atoms with Gasteiger partial charge in [0.25, 0.3) is 0 Å². The normalized spacial score (nSPS) is 14.1. The van der Waals surface area contributed by atoms with Gasteiger partial charge in [0, 0.05) is 19.3 Å². The van der Waals surface area contributed by atoms with Gasteiger partial charge in [-0.05, 0) is 12.8 Å². The fourth-order valence-corrected chi connectivity index (χ4v) is 2.03. The Labute approximate surface area is 106 Å². The summed E-state index contributed by atoms with van der Waals surface area (Å²) >= 11 is 0. The third kappa shape index (κ3) is 2.45. The smallest absolute Gasteiger partial charge is 0.452 e. The molecular formula is C11H17BrN2O2. The van der Waals surface area contributed by atoms with Crippen LogP contribution in [-0.2, 0) is 24.2 Å². The summed E-state index contributed by atoms with van der Waals surface area (Å²) in [7, 11) is 0. The molecule has 4 nitrogen and oxygen atoms in total. The van der Waals surface area contributed by atoms with Crippen LogP contribution in [0.4, 0.5) is 6.01 Å². The highest BCUT2D eigenvalue weighted by atomic mass is 79.9. The highest BCUT2D eigenvalue weighted by Gasteiger charge is 2.26. The molecule has 0 atom stereocenters. The predicted octanol–water partition coefficient (Wildman–Crippen LogP) is -1.99. The second-order valence-electron chi connectivity index (χ2n) is 4.00. The number of oxazole rings is 1. The number of carbonyl (C=O) groups excluding carboxylic acids is 1. The molecule has 0 fully saturated rings. The number of aromatic nitrogens is 1. The van der Waals surface area contributed by atoms with Crippen molar-refractivity contribution in [1.29, 1.82) is 0 Å². The molecule has 5 heteroatoms. The summed E-state index contributed by atoms with van der Waals surface area (Å²) < 4.78 is 7.30. The number of hydrogen-bond donors (Lipinski definition) is 1. The van der Waals surface area contributed by atoms with Crippen LogP contribution >= 0.6 is 0 Å². The lowest BCUT2D eigenvalue weighted by Crippen LogP contribution is -3.00. The van der Waals surface area contributed by atoms with Crippen LogP contribution in [0.5, 0.6) is 0 Å². The van der Waals surface area contributed by atoms with E-state index in [1.54, 1.807) is 0 Å². The molecule has 0 spiro atoms. The lowest BCUT2D eigenvalue weighted by atomic mass is 10.0. The van der Waals surface area contributed by atoms with Gasteiger partial charge in [0.05, 0.1) is 0 Å². The molecule has 0 unspecified atom stereocenters. The monoisotopic (exact) mass is 288 g/mol. The highest BCUT2D eigenvalue weighted by molar-refractivity contribution is 5.76. The number of fused-ring (bicyclic) bond motifs is 1. The Morgan fingerprint density at radius 3 is 2.81 bits per heavy atom. The first-order valence-corrected chi connectivity index (χ1v) is 5.54. The molecule has 1 heterocycles. The molecule has 1 aromatic rings. The van der Waals surface area contributed by atoms with Crippen molar-refractivity contribution in [3.63, 3.8) is 0 Å². The van der Waals surface area contributed by atoms with Crippen molar-refractivity contribution in [3.8, 4) is 0 Å². The molecule has 0 bridgehead atoms. The number of rotatable bonds is 3. The number of nitrogen functional groups attached to an aromatic ring is 1. The molecule has 0 aliphatic heterocycles. The lowest BCUT2D eigenvalue weighted by Gasteiger charge is -2.07. The zero-order valence-electron chi connectivity index (χ0n) is 9.46. The van der Waals surface area contributed by atoms with Crippen molar-refractivity contribution in [2.45, 2.75) is 45.6 Å². The molecule has 0 aromatic carbocycles. The van der Waals surface area contributed by atoms with Crippen molar-refractivity contribution in [2.75, 3.05) is 5.73 Å². The number of hydrogen-bond acceptors (Lipinski definition) is 3. The van der Waals surface area contributed by atoms with Gasteiger partial charge in [0.1, 0.15) is 5.69 Å². The number of nitrogens with zero attached hydrogens (tertiary/aromatic N) is 1. The molecule has 90 valence electrons. The number of halogens is 1. The zero-order valence-corrected chi connectivity index (χ0v) is 11.0. The van der Waals surface area contributed by atoms with Gasteiger partial charge in [-0.15, -0.1) is 0 Å². The van der Waals surface area contributed by atoms with Gasteiger partial charge in [0.2, 0.25) is 0 Å². The van der Waals surface area contributed by atoms with Crippen molar-refractivity contribution >= 4 is 11.8 Å². The summed E-state index contributed by atoms with van der Waals surface area (Å²) in [6.45, 7) is 2.23. The number of anilines is 1. The zero-order chi connectivity index (χ0) is 10.8. The lowest BCUT2D eigenvalue weighted by molar-refractivity contribution is -0.679. The maximum atomic E-state index is 11.4. The van der Waals surface area contributed by atoms with Crippen LogP contribution < -0.4 is 27.3 Å². The summed E-state index contributed by atoms with van der Waals surface area (Å²) in [6, 6.07) is 0.378. The quantitative estimate of drug-likeness (QED) is 0.656. The molecule has 1 aliphatic carbocycles. The first kappa shape index (κ1) is 13.2. The van der Waals surface area contributed by atoms with E-state index >= 15 is 0 Å². The van der Waals surface area contributed by atoms with Crippen LogP contribution in [-0.4, -0.2) is 5.78 Å². The SMILES string of the molecule is CCC(=O)C[n+]1c(N)oc2c1CCCC2.[Br-]. The highest BCUT2D eigenvalue weighted by Crippen LogP contribution is 2.21. The van der Waals surface area contributed by atoms with Crippen LogP contribution in [0.15, 0.2) is 4.42 Å². The molecule has 0 saturated heterocycles. The van der Waals surface area contributed by atoms with Gasteiger partial charge < -0.3 is 21.4 Å². The molecule has 1 aromatic heterocycles. The maximum absolute atomic E-state index is 11.4. The second kappa shape index (κ2) is 5.48. The summed E-state index contributed by atoms with van der Waals surface area (Å²) in [5.74, 6) is 1.17. The topological polar surface area (TPSA) is 60.1 Å². The summed E-state index contributed by atoms with van der Waals surface area (Å²) in [5.41, 5.74) is 6.89. The molecular weight excluding hydrogens is 272 g/mol. The van der Waals surface area contributed by atoms with Gasteiger partial charge in [-0.1, -0.05) is 6.92 Å². The number of aryl methyl sites for hydroxylation is 1. The minimum absolute atomic E-state index is 0. The van der Waals surface area contributed by atoms with Gasteiger partial charge in [-0.3, -0.25) is 10.5 Å². The average molecular weight is 289 g/mol. The molecule has 0 saturated carbocycles. The fraction of sp³-hybridized carbons (Fsp3) is 0.636. The standard InChI is InChI=1S/C11H16N2O2.BrH/c1-2-8(14)7-13-9-5-3-4-6-10(9)15-11(13)12;/h12H,2-7H2,1H3;1H. The average Bonchev–Trinajstić information content (AvgIpc) is 2.55.